The van der Waals surface area contributed by atoms with Gasteiger partial charge in [0.2, 0.25) is 0 Å². The number of hydrogen-bond donors (Lipinski definition) is 0. The molecule has 0 amide bonds. The highest BCUT2D eigenvalue weighted by molar-refractivity contribution is 7.99. The summed E-state index contributed by atoms with van der Waals surface area (Å²) in [4.78, 5) is 12.0. The minimum Gasteiger partial charge on any atom is -0.354 e. The summed E-state index contributed by atoms with van der Waals surface area (Å²) in [6, 6.07) is 16.0. The van der Waals surface area contributed by atoms with E-state index in [9.17, 15) is 0 Å². The molecule has 2 aromatic carbocycles. The van der Waals surface area contributed by atoms with Crippen LogP contribution in [-0.2, 0) is 0 Å². The molecule has 116 valence electrons. The summed E-state index contributed by atoms with van der Waals surface area (Å²) >= 11 is 8.35. The summed E-state index contributed by atoms with van der Waals surface area (Å²) in [6.07, 6.45) is 0. The minimum atomic E-state index is 0.683. The van der Waals surface area contributed by atoms with Gasteiger partial charge in [0.25, 0.3) is 0 Å². The highest BCUT2D eigenvalue weighted by atomic mass is 35.5. The van der Waals surface area contributed by atoms with E-state index in [2.05, 4.69) is 11.0 Å². The van der Waals surface area contributed by atoms with E-state index in [0.717, 1.165) is 46.9 Å². The van der Waals surface area contributed by atoms with Crippen LogP contribution < -0.4 is 4.90 Å². The molecule has 0 radical (unpaired) electrons. The first-order valence-corrected chi connectivity index (χ1v) is 9.20. The van der Waals surface area contributed by atoms with E-state index >= 15 is 0 Å². The summed E-state index contributed by atoms with van der Waals surface area (Å²) < 4.78 is 0. The fraction of sp³-hybridized carbons (Fsp3) is 0.222. The van der Waals surface area contributed by atoms with E-state index in [-0.39, 0.29) is 0 Å². The van der Waals surface area contributed by atoms with E-state index in [4.69, 9.17) is 21.6 Å². The highest BCUT2D eigenvalue weighted by Gasteiger charge is 2.18. The number of halogens is 1. The lowest BCUT2D eigenvalue weighted by molar-refractivity contribution is 0.843. The molecule has 3 aromatic rings. The Morgan fingerprint density at radius 1 is 0.913 bits per heavy atom. The molecule has 3 nitrogen and oxygen atoms in total. The van der Waals surface area contributed by atoms with E-state index in [1.165, 1.54) is 0 Å². The predicted octanol–water partition coefficient (Wildman–Crippen LogP) is 4.50. The standard InChI is InChI=1S/C18H16ClN3S/c19-15-7-3-1-5-13(15)17-20-16-8-4-2-6-14(16)18(21-17)22-9-11-23-12-10-22/h1-8H,9-12H2. The van der Waals surface area contributed by atoms with Gasteiger partial charge in [-0.05, 0) is 24.3 Å². The van der Waals surface area contributed by atoms with Crippen LogP contribution in [0.1, 0.15) is 0 Å². The molecule has 0 spiro atoms. The molecule has 0 saturated carbocycles. The zero-order chi connectivity index (χ0) is 15.6. The second kappa shape index (κ2) is 6.38. The number of para-hydroxylation sites is 1. The zero-order valence-corrected chi connectivity index (χ0v) is 14.1. The maximum absolute atomic E-state index is 6.35. The van der Waals surface area contributed by atoms with Crippen molar-refractivity contribution < 1.29 is 0 Å². The van der Waals surface area contributed by atoms with E-state index < -0.39 is 0 Å². The number of benzene rings is 2. The number of nitrogens with zero attached hydrogens (tertiary/aromatic N) is 3. The number of anilines is 1. The number of hydrogen-bond acceptors (Lipinski definition) is 4. The van der Waals surface area contributed by atoms with Crippen molar-refractivity contribution in [1.29, 1.82) is 0 Å². The van der Waals surface area contributed by atoms with Crippen LogP contribution in [-0.4, -0.2) is 34.6 Å². The van der Waals surface area contributed by atoms with Crippen molar-refractivity contribution in [3.05, 3.63) is 53.6 Å². The summed E-state index contributed by atoms with van der Waals surface area (Å²) in [5, 5.41) is 1.79. The van der Waals surface area contributed by atoms with Gasteiger partial charge in [-0.15, -0.1) is 0 Å². The van der Waals surface area contributed by atoms with Crippen LogP contribution in [0.2, 0.25) is 5.02 Å². The summed E-state index contributed by atoms with van der Waals surface area (Å²) in [5.74, 6) is 3.99. The molecule has 1 saturated heterocycles. The van der Waals surface area contributed by atoms with Crippen LogP contribution in [0.4, 0.5) is 5.82 Å². The van der Waals surface area contributed by atoms with Crippen LogP contribution in [0.3, 0.4) is 0 Å². The molecular weight excluding hydrogens is 326 g/mol. The van der Waals surface area contributed by atoms with Gasteiger partial charge in [0.1, 0.15) is 5.82 Å². The van der Waals surface area contributed by atoms with Gasteiger partial charge in [-0.3, -0.25) is 0 Å². The summed E-state index contributed by atoms with van der Waals surface area (Å²) in [7, 11) is 0. The normalized spacial score (nSPS) is 15.1. The third-order valence-electron chi connectivity index (χ3n) is 4.01. The van der Waals surface area contributed by atoms with Gasteiger partial charge in [-0.1, -0.05) is 35.9 Å². The zero-order valence-electron chi connectivity index (χ0n) is 12.6. The minimum absolute atomic E-state index is 0.683. The maximum atomic E-state index is 6.35. The third kappa shape index (κ3) is 2.89. The Kier molecular flexibility index (Phi) is 4.10. The molecule has 4 rings (SSSR count). The topological polar surface area (TPSA) is 29.0 Å². The molecule has 1 aliphatic heterocycles. The van der Waals surface area contributed by atoms with E-state index in [0.29, 0.717) is 10.8 Å². The molecule has 5 heteroatoms. The van der Waals surface area contributed by atoms with Gasteiger partial charge < -0.3 is 4.90 Å². The van der Waals surface area contributed by atoms with Crippen molar-refractivity contribution in [3.8, 4) is 11.4 Å². The van der Waals surface area contributed by atoms with Crippen molar-refractivity contribution in [2.24, 2.45) is 0 Å². The molecule has 0 N–H and O–H groups in total. The maximum Gasteiger partial charge on any atom is 0.163 e. The molecule has 23 heavy (non-hydrogen) atoms. The van der Waals surface area contributed by atoms with Gasteiger partial charge in [0.15, 0.2) is 5.82 Å². The van der Waals surface area contributed by atoms with Crippen molar-refractivity contribution >= 4 is 40.1 Å². The first-order valence-electron chi connectivity index (χ1n) is 7.67. The van der Waals surface area contributed by atoms with Gasteiger partial charge in [0.05, 0.1) is 10.5 Å². The Balaban J connectivity index is 1.91. The molecule has 0 unspecified atom stereocenters. The van der Waals surface area contributed by atoms with Crippen LogP contribution in [0.25, 0.3) is 22.3 Å². The lowest BCUT2D eigenvalue weighted by Gasteiger charge is -2.28. The molecule has 1 aliphatic rings. The van der Waals surface area contributed by atoms with Gasteiger partial charge in [-0.25, -0.2) is 9.97 Å². The molecule has 2 heterocycles. The predicted molar refractivity (Wildman–Crippen MR) is 99.5 cm³/mol. The number of thioether (sulfide) groups is 1. The fourth-order valence-corrected chi connectivity index (χ4v) is 3.96. The largest absolute Gasteiger partial charge is 0.354 e. The highest BCUT2D eigenvalue weighted by Crippen LogP contribution is 2.31. The number of rotatable bonds is 2. The second-order valence-electron chi connectivity index (χ2n) is 5.47. The average molecular weight is 342 g/mol. The monoisotopic (exact) mass is 341 g/mol. The quantitative estimate of drug-likeness (QED) is 0.686. The molecule has 1 fully saturated rings. The first-order chi connectivity index (χ1) is 11.3. The van der Waals surface area contributed by atoms with Crippen molar-refractivity contribution in [1.82, 2.24) is 9.97 Å². The molecule has 0 aliphatic carbocycles. The molecule has 1 aromatic heterocycles. The summed E-state index contributed by atoms with van der Waals surface area (Å²) in [6.45, 7) is 2.04. The Morgan fingerprint density at radius 3 is 2.48 bits per heavy atom. The van der Waals surface area contributed by atoms with Crippen LogP contribution in [0.15, 0.2) is 48.5 Å². The van der Waals surface area contributed by atoms with Crippen molar-refractivity contribution in [2.45, 2.75) is 0 Å². The van der Waals surface area contributed by atoms with E-state index in [1.54, 1.807) is 0 Å². The molecule has 0 atom stereocenters. The summed E-state index contributed by atoms with van der Waals surface area (Å²) in [5.41, 5.74) is 1.85. The van der Waals surface area contributed by atoms with Crippen LogP contribution >= 0.6 is 23.4 Å². The van der Waals surface area contributed by atoms with Gasteiger partial charge in [-0.2, -0.15) is 11.8 Å². The lowest BCUT2D eigenvalue weighted by atomic mass is 10.1. The smallest absolute Gasteiger partial charge is 0.163 e. The third-order valence-corrected chi connectivity index (χ3v) is 5.28. The van der Waals surface area contributed by atoms with Crippen LogP contribution in [0.5, 0.6) is 0 Å². The fourth-order valence-electron chi connectivity index (χ4n) is 2.84. The number of fused-ring (bicyclic) bond motifs is 1. The average Bonchev–Trinajstić information content (AvgIpc) is 2.62. The second-order valence-corrected chi connectivity index (χ2v) is 7.10. The SMILES string of the molecule is Clc1ccccc1-c1nc(N2CCSCC2)c2ccccc2n1. The Hall–Kier alpha value is -1.78. The lowest BCUT2D eigenvalue weighted by Crippen LogP contribution is -2.33. The number of aromatic nitrogens is 2. The van der Waals surface area contributed by atoms with Gasteiger partial charge in [0, 0.05) is 35.5 Å². The van der Waals surface area contributed by atoms with Crippen molar-refractivity contribution in [3.63, 3.8) is 0 Å². The van der Waals surface area contributed by atoms with Gasteiger partial charge >= 0.3 is 0 Å². The van der Waals surface area contributed by atoms with Crippen LogP contribution in [0, 0.1) is 0 Å². The first kappa shape index (κ1) is 14.8. The molecular formula is C18H16ClN3S. The molecule has 0 bridgehead atoms. The van der Waals surface area contributed by atoms with Crippen molar-refractivity contribution in [2.75, 3.05) is 29.5 Å². The Morgan fingerprint density at radius 2 is 1.65 bits per heavy atom. The van der Waals surface area contributed by atoms with E-state index in [1.807, 2.05) is 54.2 Å². The Bertz CT molecular complexity index is 847. The Labute approximate surface area is 144 Å².